The molecule has 0 aliphatic carbocycles. The molecule has 0 aromatic heterocycles. The van der Waals surface area contributed by atoms with Gasteiger partial charge in [0.15, 0.2) is 6.61 Å². The Bertz CT molecular complexity index is 907. The molecular formula is C23H28BrClN2O4. The number of benzene rings is 2. The van der Waals surface area contributed by atoms with E-state index in [0.29, 0.717) is 29.0 Å². The molecule has 2 rings (SSSR count). The number of halogens is 2. The van der Waals surface area contributed by atoms with Gasteiger partial charge in [-0.05, 0) is 48.7 Å². The first-order valence-electron chi connectivity index (χ1n) is 9.99. The standard InChI is InChI=1S/C23H28BrClN2O4/c1-15(2)12-26-23(29)16(3)27(13-17-6-5-7-19(10-17)30-4)22(28)14-31-21-9-8-18(24)11-20(21)25/h5-11,15-16H,12-14H2,1-4H3,(H,26,29)/t16-/m0/s1. The third-order valence-corrected chi connectivity index (χ3v) is 5.37. The molecule has 0 unspecified atom stereocenters. The van der Waals surface area contributed by atoms with E-state index in [1.807, 2.05) is 38.1 Å². The predicted molar refractivity (Wildman–Crippen MR) is 126 cm³/mol. The average Bonchev–Trinajstić information content (AvgIpc) is 2.74. The average molecular weight is 512 g/mol. The number of hydrogen-bond donors (Lipinski definition) is 1. The fraction of sp³-hybridized carbons (Fsp3) is 0.391. The Morgan fingerprint density at radius 2 is 1.90 bits per heavy atom. The van der Waals surface area contributed by atoms with E-state index in [-0.39, 0.29) is 25.0 Å². The Morgan fingerprint density at radius 3 is 2.55 bits per heavy atom. The van der Waals surface area contributed by atoms with Gasteiger partial charge in [-0.15, -0.1) is 0 Å². The normalized spacial score (nSPS) is 11.7. The van der Waals surface area contributed by atoms with Gasteiger partial charge in [0, 0.05) is 17.6 Å². The summed E-state index contributed by atoms with van der Waals surface area (Å²) < 4.78 is 11.7. The lowest BCUT2D eigenvalue weighted by Gasteiger charge is -2.29. The van der Waals surface area contributed by atoms with Crippen molar-refractivity contribution in [3.8, 4) is 11.5 Å². The van der Waals surface area contributed by atoms with Crippen LogP contribution in [0.1, 0.15) is 26.3 Å². The lowest BCUT2D eigenvalue weighted by molar-refractivity contribution is -0.142. The Balaban J connectivity index is 2.18. The van der Waals surface area contributed by atoms with Crippen LogP contribution in [0.4, 0.5) is 0 Å². The van der Waals surface area contributed by atoms with Gasteiger partial charge >= 0.3 is 0 Å². The highest BCUT2D eigenvalue weighted by Crippen LogP contribution is 2.28. The maximum Gasteiger partial charge on any atom is 0.261 e. The summed E-state index contributed by atoms with van der Waals surface area (Å²) in [6.45, 7) is 6.27. The molecule has 1 N–H and O–H groups in total. The highest BCUT2D eigenvalue weighted by molar-refractivity contribution is 9.10. The van der Waals surface area contributed by atoms with Crippen molar-refractivity contribution in [3.05, 3.63) is 57.5 Å². The van der Waals surface area contributed by atoms with E-state index in [2.05, 4.69) is 21.2 Å². The minimum absolute atomic E-state index is 0.216. The molecule has 0 fully saturated rings. The smallest absolute Gasteiger partial charge is 0.261 e. The van der Waals surface area contributed by atoms with Gasteiger partial charge in [0.1, 0.15) is 17.5 Å². The van der Waals surface area contributed by atoms with Crippen molar-refractivity contribution in [3.63, 3.8) is 0 Å². The van der Waals surface area contributed by atoms with Crippen LogP contribution < -0.4 is 14.8 Å². The van der Waals surface area contributed by atoms with E-state index >= 15 is 0 Å². The van der Waals surface area contributed by atoms with Gasteiger partial charge in [-0.2, -0.15) is 0 Å². The van der Waals surface area contributed by atoms with Crippen molar-refractivity contribution < 1.29 is 19.1 Å². The van der Waals surface area contributed by atoms with E-state index in [9.17, 15) is 9.59 Å². The maximum atomic E-state index is 13.1. The SMILES string of the molecule is COc1cccc(CN(C(=O)COc2ccc(Br)cc2Cl)[C@@H](C)C(=O)NCC(C)C)c1. The number of nitrogens with one attached hydrogen (secondary N) is 1. The van der Waals surface area contributed by atoms with Crippen molar-refractivity contribution in [2.45, 2.75) is 33.4 Å². The van der Waals surface area contributed by atoms with Gasteiger partial charge in [0.2, 0.25) is 5.91 Å². The second kappa shape index (κ2) is 12.0. The van der Waals surface area contributed by atoms with Crippen LogP contribution in [0.3, 0.4) is 0 Å². The molecule has 2 aromatic rings. The maximum absolute atomic E-state index is 13.1. The van der Waals surface area contributed by atoms with E-state index in [1.54, 1.807) is 32.2 Å². The van der Waals surface area contributed by atoms with E-state index in [1.165, 1.54) is 4.90 Å². The third-order valence-electron chi connectivity index (χ3n) is 4.58. The first-order valence-corrected chi connectivity index (χ1v) is 11.2. The van der Waals surface area contributed by atoms with Gasteiger partial charge in [0.25, 0.3) is 5.91 Å². The summed E-state index contributed by atoms with van der Waals surface area (Å²) in [6, 6.07) is 11.9. The topological polar surface area (TPSA) is 67.9 Å². The molecule has 31 heavy (non-hydrogen) atoms. The Morgan fingerprint density at radius 1 is 1.16 bits per heavy atom. The molecule has 0 saturated carbocycles. The quantitative estimate of drug-likeness (QED) is 0.503. The minimum atomic E-state index is -0.679. The number of carbonyl (C=O) groups is 2. The van der Waals surface area contributed by atoms with Crippen LogP contribution >= 0.6 is 27.5 Å². The first kappa shape index (κ1) is 25.0. The van der Waals surface area contributed by atoms with Gasteiger partial charge in [0.05, 0.1) is 12.1 Å². The predicted octanol–water partition coefficient (Wildman–Crippen LogP) is 4.68. The molecule has 168 valence electrons. The number of hydrogen-bond acceptors (Lipinski definition) is 4. The number of methoxy groups -OCH3 is 1. The minimum Gasteiger partial charge on any atom is -0.497 e. The highest BCUT2D eigenvalue weighted by atomic mass is 79.9. The van der Waals surface area contributed by atoms with Gasteiger partial charge in [-0.3, -0.25) is 9.59 Å². The molecule has 0 saturated heterocycles. The molecule has 1 atom stereocenters. The van der Waals surface area contributed by atoms with Crippen LogP contribution in [0.5, 0.6) is 11.5 Å². The van der Waals surface area contributed by atoms with Crippen LogP contribution in [0.25, 0.3) is 0 Å². The van der Waals surface area contributed by atoms with Crippen LogP contribution in [0.2, 0.25) is 5.02 Å². The number of nitrogens with zero attached hydrogens (tertiary/aromatic N) is 1. The fourth-order valence-electron chi connectivity index (χ4n) is 2.82. The van der Waals surface area contributed by atoms with Crippen LogP contribution in [0, 0.1) is 5.92 Å². The summed E-state index contributed by atoms with van der Waals surface area (Å²) in [7, 11) is 1.58. The Hall–Kier alpha value is -2.25. The third kappa shape index (κ3) is 7.74. The largest absolute Gasteiger partial charge is 0.497 e. The van der Waals surface area contributed by atoms with Crippen molar-refractivity contribution >= 4 is 39.3 Å². The number of carbonyl (C=O) groups excluding carboxylic acids is 2. The van der Waals surface area contributed by atoms with E-state index in [0.717, 1.165) is 10.0 Å². The van der Waals surface area contributed by atoms with Crippen molar-refractivity contribution in [2.24, 2.45) is 5.92 Å². The zero-order valence-electron chi connectivity index (χ0n) is 18.2. The van der Waals surface area contributed by atoms with E-state index in [4.69, 9.17) is 21.1 Å². The molecule has 2 aromatic carbocycles. The zero-order valence-corrected chi connectivity index (χ0v) is 20.5. The van der Waals surface area contributed by atoms with Crippen molar-refractivity contribution in [1.29, 1.82) is 0 Å². The monoisotopic (exact) mass is 510 g/mol. The second-order valence-electron chi connectivity index (χ2n) is 7.55. The lowest BCUT2D eigenvalue weighted by atomic mass is 10.1. The molecule has 0 aliphatic rings. The Labute approximate surface area is 197 Å². The summed E-state index contributed by atoms with van der Waals surface area (Å²) >= 11 is 9.52. The highest BCUT2D eigenvalue weighted by Gasteiger charge is 2.27. The summed E-state index contributed by atoms with van der Waals surface area (Å²) in [4.78, 5) is 27.2. The van der Waals surface area contributed by atoms with Gasteiger partial charge in [-0.1, -0.05) is 53.5 Å². The van der Waals surface area contributed by atoms with Crippen molar-refractivity contribution in [1.82, 2.24) is 10.2 Å². The fourth-order valence-corrected chi connectivity index (χ4v) is 3.55. The summed E-state index contributed by atoms with van der Waals surface area (Å²) in [6.07, 6.45) is 0. The van der Waals surface area contributed by atoms with Crippen molar-refractivity contribution in [2.75, 3.05) is 20.3 Å². The van der Waals surface area contributed by atoms with E-state index < -0.39 is 6.04 Å². The summed E-state index contributed by atoms with van der Waals surface area (Å²) in [5, 5.41) is 3.28. The summed E-state index contributed by atoms with van der Waals surface area (Å²) in [5.74, 6) is 0.846. The van der Waals surface area contributed by atoms with Gasteiger partial charge in [-0.25, -0.2) is 0 Å². The molecule has 0 bridgehead atoms. The molecule has 2 amide bonds. The molecular weight excluding hydrogens is 484 g/mol. The van der Waals surface area contributed by atoms with Crippen LogP contribution in [0.15, 0.2) is 46.9 Å². The number of rotatable bonds is 10. The molecule has 0 heterocycles. The molecule has 6 nitrogen and oxygen atoms in total. The Kier molecular flexibility index (Phi) is 9.65. The second-order valence-corrected chi connectivity index (χ2v) is 8.87. The molecule has 0 spiro atoms. The lowest BCUT2D eigenvalue weighted by Crippen LogP contribution is -2.49. The van der Waals surface area contributed by atoms with Crippen LogP contribution in [-0.2, 0) is 16.1 Å². The zero-order chi connectivity index (χ0) is 23.0. The molecule has 8 heteroatoms. The molecule has 0 radical (unpaired) electrons. The summed E-state index contributed by atoms with van der Waals surface area (Å²) in [5.41, 5.74) is 0.845. The molecule has 0 aliphatic heterocycles. The number of ether oxygens (including phenoxy) is 2. The van der Waals surface area contributed by atoms with Crippen LogP contribution in [-0.4, -0.2) is 43.0 Å². The van der Waals surface area contributed by atoms with Gasteiger partial charge < -0.3 is 19.7 Å². The first-order chi connectivity index (χ1) is 14.7. The number of amides is 2.